The Bertz CT molecular complexity index is 745. The van der Waals surface area contributed by atoms with E-state index in [1.54, 1.807) is 4.90 Å². The van der Waals surface area contributed by atoms with Crippen LogP contribution in [0.5, 0.6) is 0 Å². The topological polar surface area (TPSA) is 96.0 Å². The molecule has 0 aromatic heterocycles. The number of carbonyl (C=O) groups is 4. The van der Waals surface area contributed by atoms with E-state index in [0.29, 0.717) is 37.3 Å². The first-order chi connectivity index (χ1) is 14.4. The molecule has 0 aromatic rings. The van der Waals surface area contributed by atoms with Gasteiger partial charge in [-0.1, -0.05) is 0 Å². The summed E-state index contributed by atoms with van der Waals surface area (Å²) in [6.45, 7) is 2.75. The molecule has 0 unspecified atom stereocenters. The maximum atomic E-state index is 13.7. The van der Waals surface area contributed by atoms with Crippen LogP contribution in [0.15, 0.2) is 0 Å². The molecule has 8 heteroatoms. The normalized spacial score (nSPS) is 38.0. The number of nitrogens with zero attached hydrogens (tertiary/aromatic N) is 2. The average molecular weight is 418 g/mol. The van der Waals surface area contributed by atoms with Crippen molar-refractivity contribution in [2.45, 2.75) is 70.4 Å². The highest BCUT2D eigenvalue weighted by Gasteiger charge is 2.57. The van der Waals surface area contributed by atoms with Crippen molar-refractivity contribution in [3.05, 3.63) is 0 Å². The molecule has 0 spiro atoms. The number of ether oxygens (including phenoxy) is 1. The van der Waals surface area contributed by atoms with Crippen LogP contribution in [-0.4, -0.2) is 65.4 Å². The van der Waals surface area contributed by atoms with Crippen molar-refractivity contribution in [2.24, 2.45) is 23.2 Å². The number of carbonyl (C=O) groups excluding carboxylic acids is 4. The van der Waals surface area contributed by atoms with Gasteiger partial charge in [-0.25, -0.2) is 9.59 Å². The summed E-state index contributed by atoms with van der Waals surface area (Å²) in [6, 6.07) is -1.07. The third kappa shape index (κ3) is 3.19. The molecule has 164 valence electrons. The first-order valence-electron chi connectivity index (χ1n) is 11.5. The third-order valence-corrected chi connectivity index (χ3v) is 8.04. The Morgan fingerprint density at radius 2 is 1.70 bits per heavy atom. The maximum absolute atomic E-state index is 13.7. The smallest absolute Gasteiger partial charge is 0.329 e. The van der Waals surface area contributed by atoms with Gasteiger partial charge >= 0.3 is 12.0 Å². The van der Waals surface area contributed by atoms with Crippen molar-refractivity contribution in [1.29, 1.82) is 0 Å². The summed E-state index contributed by atoms with van der Waals surface area (Å²) in [6.07, 6.45) is 7.00. The van der Waals surface area contributed by atoms with Crippen molar-refractivity contribution in [1.82, 2.24) is 15.1 Å². The first-order valence-corrected chi connectivity index (χ1v) is 11.5. The van der Waals surface area contributed by atoms with Gasteiger partial charge in [-0.05, 0) is 76.0 Å². The van der Waals surface area contributed by atoms with Gasteiger partial charge in [0.25, 0.3) is 5.91 Å². The highest BCUT2D eigenvalue weighted by atomic mass is 16.5. The van der Waals surface area contributed by atoms with Crippen LogP contribution in [-0.2, 0) is 19.1 Å². The van der Waals surface area contributed by atoms with E-state index in [-0.39, 0.29) is 17.9 Å². The minimum Gasteiger partial charge on any atom is -0.451 e. The number of imide groups is 1. The Morgan fingerprint density at radius 1 is 1.07 bits per heavy atom. The van der Waals surface area contributed by atoms with Crippen LogP contribution in [0.4, 0.5) is 4.79 Å². The summed E-state index contributed by atoms with van der Waals surface area (Å²) in [7, 11) is 0. The molecule has 30 heavy (non-hydrogen) atoms. The molecule has 4 amide bonds. The Hall–Kier alpha value is -2.12. The lowest BCUT2D eigenvalue weighted by Crippen LogP contribution is -2.56. The molecule has 0 radical (unpaired) electrons. The standard InChI is InChI=1S/C22H31N3O5/c1-13(18(26)25-6-4-23-21(25)29)30-19(27)17-3-2-5-24(17)20(28)22-10-14-7-15(11-22)9-16(8-14)12-22/h13-17H,2-12H2,1H3,(H,23,29)/t13-,14?,15?,16?,17+,22?/m1/s1. The Balaban J connectivity index is 1.26. The van der Waals surface area contributed by atoms with Crippen molar-refractivity contribution >= 4 is 23.8 Å². The zero-order chi connectivity index (χ0) is 21.0. The summed E-state index contributed by atoms with van der Waals surface area (Å²) in [5.41, 5.74) is -0.285. The van der Waals surface area contributed by atoms with E-state index in [4.69, 9.17) is 4.74 Å². The molecular formula is C22H31N3O5. The molecule has 6 fully saturated rings. The molecule has 4 bridgehead atoms. The van der Waals surface area contributed by atoms with Crippen LogP contribution in [0.1, 0.15) is 58.3 Å². The average Bonchev–Trinajstić information content (AvgIpc) is 3.34. The van der Waals surface area contributed by atoms with Gasteiger partial charge in [0.1, 0.15) is 6.04 Å². The van der Waals surface area contributed by atoms with Gasteiger partial charge < -0.3 is 15.0 Å². The van der Waals surface area contributed by atoms with E-state index >= 15 is 0 Å². The second-order valence-corrected chi connectivity index (χ2v) is 10.2. The molecule has 6 rings (SSSR count). The van der Waals surface area contributed by atoms with Crippen molar-refractivity contribution in [3.8, 4) is 0 Å². The molecular weight excluding hydrogens is 386 g/mol. The second kappa shape index (κ2) is 7.24. The zero-order valence-electron chi connectivity index (χ0n) is 17.6. The van der Waals surface area contributed by atoms with Gasteiger partial charge in [0.2, 0.25) is 5.91 Å². The fourth-order valence-electron chi connectivity index (χ4n) is 7.14. The SMILES string of the molecule is C[C@@H](OC(=O)[C@@H]1CCCN1C(=O)C12CC3CC(CC(C3)C1)C2)C(=O)N1CCNC1=O. The number of hydrogen-bond acceptors (Lipinski definition) is 5. The minimum atomic E-state index is -1.04. The molecule has 2 atom stereocenters. The predicted molar refractivity (Wildman–Crippen MR) is 106 cm³/mol. The molecule has 8 nitrogen and oxygen atoms in total. The van der Waals surface area contributed by atoms with Crippen LogP contribution >= 0.6 is 0 Å². The molecule has 2 heterocycles. The molecule has 2 saturated heterocycles. The number of nitrogens with one attached hydrogen (secondary N) is 1. The highest BCUT2D eigenvalue weighted by molar-refractivity contribution is 5.98. The third-order valence-electron chi connectivity index (χ3n) is 8.04. The molecule has 1 N–H and O–H groups in total. The number of hydrogen-bond donors (Lipinski definition) is 1. The van der Waals surface area contributed by atoms with Gasteiger partial charge in [-0.2, -0.15) is 0 Å². The summed E-state index contributed by atoms with van der Waals surface area (Å²) in [5, 5.41) is 2.57. The summed E-state index contributed by atoms with van der Waals surface area (Å²) < 4.78 is 5.45. The number of esters is 1. The quantitative estimate of drug-likeness (QED) is 0.702. The van der Waals surface area contributed by atoms with E-state index in [1.807, 2.05) is 0 Å². The zero-order valence-corrected chi connectivity index (χ0v) is 17.6. The number of likely N-dealkylation sites (tertiary alicyclic amines) is 1. The van der Waals surface area contributed by atoms with Crippen LogP contribution in [0, 0.1) is 23.2 Å². The first kappa shape index (κ1) is 19.8. The van der Waals surface area contributed by atoms with Gasteiger partial charge in [0.15, 0.2) is 6.10 Å². The number of rotatable bonds is 4. The van der Waals surface area contributed by atoms with E-state index in [2.05, 4.69) is 5.32 Å². The maximum Gasteiger partial charge on any atom is 0.329 e. The lowest BCUT2D eigenvalue weighted by molar-refractivity contribution is -0.169. The van der Waals surface area contributed by atoms with Crippen LogP contribution in [0.3, 0.4) is 0 Å². The molecule has 6 aliphatic rings. The molecule has 0 aromatic carbocycles. The fourth-order valence-corrected chi connectivity index (χ4v) is 7.14. The second-order valence-electron chi connectivity index (χ2n) is 10.2. The van der Waals surface area contributed by atoms with Gasteiger partial charge in [0, 0.05) is 19.6 Å². The van der Waals surface area contributed by atoms with Crippen molar-refractivity contribution in [2.75, 3.05) is 19.6 Å². The minimum absolute atomic E-state index is 0.138. The Kier molecular flexibility index (Phi) is 4.78. The lowest BCUT2D eigenvalue weighted by Gasteiger charge is -2.56. The van der Waals surface area contributed by atoms with Crippen LogP contribution in [0.25, 0.3) is 0 Å². The molecule has 4 saturated carbocycles. The van der Waals surface area contributed by atoms with E-state index < -0.39 is 30.1 Å². The van der Waals surface area contributed by atoms with Gasteiger partial charge in [0.05, 0.1) is 5.41 Å². The van der Waals surface area contributed by atoms with Crippen LogP contribution < -0.4 is 5.32 Å². The number of urea groups is 1. The summed E-state index contributed by atoms with van der Waals surface area (Å²) >= 11 is 0. The highest BCUT2D eigenvalue weighted by Crippen LogP contribution is 2.60. The largest absolute Gasteiger partial charge is 0.451 e. The van der Waals surface area contributed by atoms with Crippen molar-refractivity contribution in [3.63, 3.8) is 0 Å². The Morgan fingerprint density at radius 3 is 2.27 bits per heavy atom. The van der Waals surface area contributed by atoms with Gasteiger partial charge in [-0.3, -0.25) is 14.5 Å². The molecule has 2 aliphatic heterocycles. The lowest BCUT2D eigenvalue weighted by atomic mass is 9.49. The Labute approximate surface area is 176 Å². The monoisotopic (exact) mass is 417 g/mol. The fraction of sp³-hybridized carbons (Fsp3) is 0.818. The van der Waals surface area contributed by atoms with Gasteiger partial charge in [-0.15, -0.1) is 0 Å². The predicted octanol–water partition coefficient (Wildman–Crippen LogP) is 1.68. The van der Waals surface area contributed by atoms with Crippen LogP contribution in [0.2, 0.25) is 0 Å². The summed E-state index contributed by atoms with van der Waals surface area (Å²) in [5.74, 6) is 1.09. The van der Waals surface area contributed by atoms with E-state index in [0.717, 1.165) is 30.6 Å². The molecule has 4 aliphatic carbocycles. The summed E-state index contributed by atoms with van der Waals surface area (Å²) in [4.78, 5) is 53.6. The number of amides is 4. The van der Waals surface area contributed by atoms with Crippen molar-refractivity contribution < 1.29 is 23.9 Å². The van der Waals surface area contributed by atoms with E-state index in [9.17, 15) is 19.2 Å². The van der Waals surface area contributed by atoms with E-state index in [1.165, 1.54) is 26.2 Å².